The van der Waals surface area contributed by atoms with E-state index in [1.54, 1.807) is 12.1 Å². The zero-order valence-corrected chi connectivity index (χ0v) is 13.0. The molecule has 100 valence electrons. The molecule has 0 aromatic heterocycles. The van der Waals surface area contributed by atoms with Crippen LogP contribution in [0.2, 0.25) is 0 Å². The molecule has 1 N–H and O–H groups in total. The Morgan fingerprint density at radius 2 is 1.89 bits per heavy atom. The summed E-state index contributed by atoms with van der Waals surface area (Å²) in [6.07, 6.45) is 0. The van der Waals surface area contributed by atoms with E-state index in [1.165, 1.54) is 18.2 Å². The lowest BCUT2D eigenvalue weighted by atomic mass is 10.2. The van der Waals surface area contributed by atoms with Crippen molar-refractivity contribution in [3.63, 3.8) is 0 Å². The van der Waals surface area contributed by atoms with Gasteiger partial charge in [0.25, 0.3) is 10.0 Å². The summed E-state index contributed by atoms with van der Waals surface area (Å²) < 4.78 is 40.8. The molecule has 0 spiro atoms. The predicted octanol–water partition coefficient (Wildman–Crippen LogP) is 3.54. The van der Waals surface area contributed by atoms with E-state index in [0.29, 0.717) is 5.69 Å². The minimum atomic E-state index is -3.76. The fraction of sp³-hybridized carbons (Fsp3) is 0.0769. The van der Waals surface area contributed by atoms with Crippen LogP contribution in [0, 0.1) is 16.3 Å². The lowest BCUT2D eigenvalue weighted by molar-refractivity contribution is 0.595. The van der Waals surface area contributed by atoms with E-state index >= 15 is 0 Å². The van der Waals surface area contributed by atoms with Gasteiger partial charge < -0.3 is 0 Å². The highest BCUT2D eigenvalue weighted by Crippen LogP contribution is 2.21. The molecule has 0 aliphatic heterocycles. The van der Waals surface area contributed by atoms with Crippen molar-refractivity contribution in [2.45, 2.75) is 11.8 Å². The fourth-order valence-electron chi connectivity index (χ4n) is 1.58. The van der Waals surface area contributed by atoms with Gasteiger partial charge in [0.2, 0.25) is 0 Å². The first kappa shape index (κ1) is 14.3. The van der Waals surface area contributed by atoms with Gasteiger partial charge in [-0.05, 0) is 71.5 Å². The molecule has 0 radical (unpaired) electrons. The molecule has 2 aromatic rings. The first-order chi connectivity index (χ1) is 8.88. The summed E-state index contributed by atoms with van der Waals surface area (Å²) in [6, 6.07) is 10.3. The van der Waals surface area contributed by atoms with Gasteiger partial charge >= 0.3 is 0 Å². The second-order valence-electron chi connectivity index (χ2n) is 4.02. The zero-order valence-electron chi connectivity index (χ0n) is 10.0. The molecule has 0 bridgehead atoms. The van der Waals surface area contributed by atoms with E-state index in [0.717, 1.165) is 15.2 Å². The molecule has 0 aliphatic carbocycles. The number of benzene rings is 2. The fourth-order valence-corrected chi connectivity index (χ4v) is 3.39. The minimum Gasteiger partial charge on any atom is -0.279 e. The van der Waals surface area contributed by atoms with E-state index in [-0.39, 0.29) is 4.90 Å². The molecular weight excluding hydrogens is 380 g/mol. The van der Waals surface area contributed by atoms with Crippen LogP contribution in [0.1, 0.15) is 5.56 Å². The van der Waals surface area contributed by atoms with Gasteiger partial charge in [0.15, 0.2) is 0 Å². The van der Waals surface area contributed by atoms with Crippen molar-refractivity contribution in [1.82, 2.24) is 0 Å². The maximum Gasteiger partial charge on any atom is 0.262 e. The van der Waals surface area contributed by atoms with Crippen molar-refractivity contribution in [2.75, 3.05) is 4.72 Å². The van der Waals surface area contributed by atoms with Gasteiger partial charge in [0.05, 0.1) is 10.6 Å². The lowest BCUT2D eigenvalue weighted by Gasteiger charge is -2.10. The van der Waals surface area contributed by atoms with Gasteiger partial charge in [-0.3, -0.25) is 4.72 Å². The normalized spacial score (nSPS) is 11.3. The van der Waals surface area contributed by atoms with Crippen LogP contribution in [-0.4, -0.2) is 8.42 Å². The summed E-state index contributed by atoms with van der Waals surface area (Å²) in [4.78, 5) is -0.0922. The molecule has 0 fully saturated rings. The van der Waals surface area contributed by atoms with Gasteiger partial charge in [0.1, 0.15) is 5.82 Å². The Hall–Kier alpha value is -1.15. The monoisotopic (exact) mass is 391 g/mol. The molecule has 6 heteroatoms. The van der Waals surface area contributed by atoms with Crippen molar-refractivity contribution in [3.05, 3.63) is 57.4 Å². The second-order valence-corrected chi connectivity index (χ2v) is 6.95. The van der Waals surface area contributed by atoms with E-state index in [1.807, 2.05) is 13.0 Å². The average Bonchev–Trinajstić information content (AvgIpc) is 2.33. The maximum atomic E-state index is 13.1. The summed E-state index contributed by atoms with van der Waals surface area (Å²) in [6.45, 7) is 1.81. The summed E-state index contributed by atoms with van der Waals surface area (Å²) in [5.41, 5.74) is 1.30. The Labute approximate surface area is 125 Å². The predicted molar refractivity (Wildman–Crippen MR) is 81.1 cm³/mol. The van der Waals surface area contributed by atoms with Crippen molar-refractivity contribution in [3.8, 4) is 0 Å². The Kier molecular flexibility index (Phi) is 4.10. The first-order valence-corrected chi connectivity index (χ1v) is 7.99. The van der Waals surface area contributed by atoms with Crippen LogP contribution >= 0.6 is 22.6 Å². The molecule has 2 aromatic carbocycles. The SMILES string of the molecule is Cc1cc(I)ccc1NS(=O)(=O)c1cccc(F)c1. The van der Waals surface area contributed by atoms with E-state index in [4.69, 9.17) is 0 Å². The molecule has 0 unspecified atom stereocenters. The number of aryl methyl sites for hydroxylation is 1. The largest absolute Gasteiger partial charge is 0.279 e. The highest BCUT2D eigenvalue weighted by molar-refractivity contribution is 14.1. The molecule has 3 nitrogen and oxygen atoms in total. The van der Waals surface area contributed by atoms with Crippen LogP contribution in [0.25, 0.3) is 0 Å². The molecule has 0 heterocycles. The minimum absolute atomic E-state index is 0.0922. The Morgan fingerprint density at radius 3 is 2.53 bits per heavy atom. The Morgan fingerprint density at radius 1 is 1.16 bits per heavy atom. The smallest absolute Gasteiger partial charge is 0.262 e. The number of rotatable bonds is 3. The van der Waals surface area contributed by atoms with Crippen molar-refractivity contribution < 1.29 is 12.8 Å². The number of sulfonamides is 1. The van der Waals surface area contributed by atoms with Gasteiger partial charge in [0, 0.05) is 3.57 Å². The average molecular weight is 391 g/mol. The van der Waals surface area contributed by atoms with Crippen LogP contribution in [0.15, 0.2) is 47.4 Å². The van der Waals surface area contributed by atoms with E-state index in [9.17, 15) is 12.8 Å². The van der Waals surface area contributed by atoms with Crippen molar-refractivity contribution in [2.24, 2.45) is 0 Å². The highest BCUT2D eigenvalue weighted by atomic mass is 127. The maximum absolute atomic E-state index is 13.1. The number of nitrogens with one attached hydrogen (secondary N) is 1. The van der Waals surface area contributed by atoms with Gasteiger partial charge in [-0.2, -0.15) is 0 Å². The summed E-state index contributed by atoms with van der Waals surface area (Å²) in [5.74, 6) is -0.581. The van der Waals surface area contributed by atoms with Crippen LogP contribution in [0.4, 0.5) is 10.1 Å². The molecule has 0 amide bonds. The van der Waals surface area contributed by atoms with E-state index < -0.39 is 15.8 Å². The Balaban J connectivity index is 2.36. The quantitative estimate of drug-likeness (QED) is 0.814. The molecule has 2 rings (SSSR count). The molecule has 19 heavy (non-hydrogen) atoms. The highest BCUT2D eigenvalue weighted by Gasteiger charge is 2.15. The van der Waals surface area contributed by atoms with Crippen LogP contribution in [0.5, 0.6) is 0 Å². The van der Waals surface area contributed by atoms with Gasteiger partial charge in [-0.15, -0.1) is 0 Å². The van der Waals surface area contributed by atoms with Crippen LogP contribution in [0.3, 0.4) is 0 Å². The summed E-state index contributed by atoms with van der Waals surface area (Å²) in [5, 5.41) is 0. The molecular formula is C13H11FINO2S. The number of hydrogen-bond acceptors (Lipinski definition) is 2. The standard InChI is InChI=1S/C13H11FINO2S/c1-9-7-11(15)5-6-13(9)16-19(17,18)12-4-2-3-10(14)8-12/h2-8,16H,1H3. The van der Waals surface area contributed by atoms with Crippen molar-refractivity contribution >= 4 is 38.3 Å². The molecule has 0 atom stereocenters. The third kappa shape index (κ3) is 3.44. The van der Waals surface area contributed by atoms with Gasteiger partial charge in [-0.25, -0.2) is 12.8 Å². The summed E-state index contributed by atoms with van der Waals surface area (Å²) in [7, 11) is -3.76. The van der Waals surface area contributed by atoms with Gasteiger partial charge in [-0.1, -0.05) is 6.07 Å². The zero-order chi connectivity index (χ0) is 14.0. The third-order valence-electron chi connectivity index (χ3n) is 2.54. The first-order valence-electron chi connectivity index (χ1n) is 5.43. The lowest BCUT2D eigenvalue weighted by Crippen LogP contribution is -2.14. The third-order valence-corrected chi connectivity index (χ3v) is 4.57. The second kappa shape index (κ2) is 5.46. The summed E-state index contributed by atoms with van der Waals surface area (Å²) >= 11 is 2.15. The van der Waals surface area contributed by atoms with Crippen molar-refractivity contribution in [1.29, 1.82) is 0 Å². The Bertz CT molecular complexity index is 716. The molecule has 0 saturated carbocycles. The number of anilines is 1. The number of halogens is 2. The van der Waals surface area contributed by atoms with E-state index in [2.05, 4.69) is 27.3 Å². The van der Waals surface area contributed by atoms with Crippen LogP contribution < -0.4 is 4.72 Å². The number of hydrogen-bond donors (Lipinski definition) is 1. The molecule has 0 saturated heterocycles. The topological polar surface area (TPSA) is 46.2 Å². The molecule has 0 aliphatic rings. The van der Waals surface area contributed by atoms with Crippen LogP contribution in [-0.2, 0) is 10.0 Å².